The lowest BCUT2D eigenvalue weighted by molar-refractivity contribution is -0.127. The van der Waals surface area contributed by atoms with E-state index in [9.17, 15) is 14.0 Å². The summed E-state index contributed by atoms with van der Waals surface area (Å²) in [5.41, 5.74) is 6.47. The first kappa shape index (κ1) is 18.5. The van der Waals surface area contributed by atoms with Crippen molar-refractivity contribution >= 4 is 39.5 Å². The van der Waals surface area contributed by atoms with Crippen molar-refractivity contribution in [2.75, 3.05) is 5.75 Å². The summed E-state index contributed by atoms with van der Waals surface area (Å²) in [6, 6.07) is 11.5. The van der Waals surface area contributed by atoms with E-state index < -0.39 is 0 Å². The Morgan fingerprint density at radius 2 is 1.75 bits per heavy atom. The van der Waals surface area contributed by atoms with Gasteiger partial charge in [-0.3, -0.25) is 20.4 Å². The number of benzene rings is 2. The van der Waals surface area contributed by atoms with E-state index in [0.29, 0.717) is 5.56 Å². The minimum absolute atomic E-state index is 0.0690. The van der Waals surface area contributed by atoms with E-state index in [-0.39, 0.29) is 29.8 Å². The third-order valence-electron chi connectivity index (χ3n) is 3.12. The van der Waals surface area contributed by atoms with E-state index in [1.54, 1.807) is 0 Å². The summed E-state index contributed by atoms with van der Waals surface area (Å²) in [5.74, 6) is -0.818. The number of carbonyl (C=O) groups excluding carboxylic acids is 2. The van der Waals surface area contributed by atoms with Gasteiger partial charge in [0, 0.05) is 9.37 Å². The van der Waals surface area contributed by atoms with Crippen LogP contribution in [-0.2, 0) is 16.0 Å². The van der Waals surface area contributed by atoms with Crippen LogP contribution in [0.3, 0.4) is 0 Å². The number of rotatable bonds is 5. The number of hydrazine groups is 1. The molecule has 0 aliphatic carbocycles. The highest BCUT2D eigenvalue weighted by molar-refractivity contribution is 9.10. The van der Waals surface area contributed by atoms with Crippen LogP contribution in [0.15, 0.2) is 51.8 Å². The normalized spacial score (nSPS) is 10.3. The number of nitrogens with one attached hydrogen (secondary N) is 2. The van der Waals surface area contributed by atoms with Crippen molar-refractivity contribution in [2.45, 2.75) is 18.2 Å². The maximum absolute atomic E-state index is 12.8. The molecule has 0 saturated carbocycles. The van der Waals surface area contributed by atoms with Crippen LogP contribution in [0.5, 0.6) is 0 Å². The van der Waals surface area contributed by atoms with Gasteiger partial charge in [0.25, 0.3) is 0 Å². The van der Waals surface area contributed by atoms with Gasteiger partial charge < -0.3 is 0 Å². The Balaban J connectivity index is 1.74. The molecule has 0 radical (unpaired) electrons. The number of hydrogen-bond acceptors (Lipinski definition) is 3. The molecule has 2 amide bonds. The number of halogens is 2. The minimum Gasteiger partial charge on any atom is -0.273 e. The highest BCUT2D eigenvalue weighted by Crippen LogP contribution is 2.24. The molecule has 0 aliphatic rings. The van der Waals surface area contributed by atoms with Crippen LogP contribution in [-0.4, -0.2) is 17.6 Å². The molecular weight excluding hydrogens is 395 g/mol. The number of amides is 2. The summed E-state index contributed by atoms with van der Waals surface area (Å²) < 4.78 is 13.8. The molecule has 0 aromatic heterocycles. The van der Waals surface area contributed by atoms with Gasteiger partial charge in [-0.1, -0.05) is 28.1 Å². The second kappa shape index (κ2) is 8.84. The monoisotopic (exact) mass is 410 g/mol. The Morgan fingerprint density at radius 3 is 2.42 bits per heavy atom. The number of thioether (sulfide) groups is 1. The van der Waals surface area contributed by atoms with Crippen molar-refractivity contribution in [1.29, 1.82) is 0 Å². The predicted molar refractivity (Wildman–Crippen MR) is 96.0 cm³/mol. The lowest BCUT2D eigenvalue weighted by Gasteiger charge is -2.09. The van der Waals surface area contributed by atoms with E-state index in [0.717, 1.165) is 14.9 Å². The van der Waals surface area contributed by atoms with E-state index in [1.807, 2.05) is 25.1 Å². The van der Waals surface area contributed by atoms with E-state index >= 15 is 0 Å². The van der Waals surface area contributed by atoms with Crippen molar-refractivity contribution in [2.24, 2.45) is 0 Å². The van der Waals surface area contributed by atoms with Crippen molar-refractivity contribution in [1.82, 2.24) is 10.9 Å². The SMILES string of the molecule is Cc1cc(Br)ccc1SCC(=O)NNC(=O)Cc1ccc(F)cc1. The second-order valence-corrected chi connectivity index (χ2v) is 7.03. The maximum atomic E-state index is 12.8. The summed E-state index contributed by atoms with van der Waals surface area (Å²) in [6.07, 6.45) is 0.0690. The lowest BCUT2D eigenvalue weighted by Crippen LogP contribution is -2.43. The number of carbonyl (C=O) groups is 2. The molecule has 0 saturated heterocycles. The molecule has 24 heavy (non-hydrogen) atoms. The average molecular weight is 411 g/mol. The number of hydrogen-bond donors (Lipinski definition) is 2. The molecule has 0 bridgehead atoms. The van der Waals surface area contributed by atoms with Gasteiger partial charge in [0.15, 0.2) is 0 Å². The Morgan fingerprint density at radius 1 is 1.08 bits per heavy atom. The fraction of sp³-hybridized carbons (Fsp3) is 0.176. The average Bonchev–Trinajstić information content (AvgIpc) is 2.54. The smallest absolute Gasteiger partial charge is 0.248 e. The third-order valence-corrected chi connectivity index (χ3v) is 4.78. The summed E-state index contributed by atoms with van der Waals surface area (Å²) in [4.78, 5) is 24.5. The molecular formula is C17H16BrFN2O2S. The van der Waals surface area contributed by atoms with Gasteiger partial charge in [-0.15, -0.1) is 11.8 Å². The van der Waals surface area contributed by atoms with Crippen molar-refractivity contribution < 1.29 is 14.0 Å². The summed E-state index contributed by atoms with van der Waals surface area (Å²) in [6.45, 7) is 1.97. The molecule has 0 spiro atoms. The molecule has 126 valence electrons. The first-order valence-corrected chi connectivity index (χ1v) is 8.93. The molecule has 0 unspecified atom stereocenters. The first-order chi connectivity index (χ1) is 11.4. The molecule has 2 N–H and O–H groups in total. The van der Waals surface area contributed by atoms with Crippen molar-refractivity contribution in [3.05, 3.63) is 63.9 Å². The molecule has 2 aromatic rings. The van der Waals surface area contributed by atoms with E-state index in [4.69, 9.17) is 0 Å². The second-order valence-electron chi connectivity index (χ2n) is 5.10. The van der Waals surface area contributed by atoms with Crippen LogP contribution < -0.4 is 10.9 Å². The Labute approximate surface area is 152 Å². The van der Waals surface area contributed by atoms with E-state index in [2.05, 4.69) is 26.8 Å². The molecule has 0 aliphatic heterocycles. The molecule has 2 aromatic carbocycles. The lowest BCUT2D eigenvalue weighted by atomic mass is 10.1. The molecule has 7 heteroatoms. The highest BCUT2D eigenvalue weighted by Gasteiger charge is 2.08. The van der Waals surface area contributed by atoms with Gasteiger partial charge in [-0.25, -0.2) is 4.39 Å². The van der Waals surface area contributed by atoms with Crippen LogP contribution in [0, 0.1) is 12.7 Å². The number of aryl methyl sites for hydroxylation is 1. The standard InChI is InChI=1S/C17H16BrFN2O2S/c1-11-8-13(18)4-7-15(11)24-10-17(23)21-20-16(22)9-12-2-5-14(19)6-3-12/h2-8H,9-10H2,1H3,(H,20,22)(H,21,23). The van der Waals surface area contributed by atoms with Gasteiger partial charge in [0.05, 0.1) is 12.2 Å². The summed E-state index contributed by atoms with van der Waals surface area (Å²) in [5, 5.41) is 0. The quantitative estimate of drug-likeness (QED) is 0.586. The van der Waals surface area contributed by atoms with Crippen molar-refractivity contribution in [3.8, 4) is 0 Å². The maximum Gasteiger partial charge on any atom is 0.248 e. The molecule has 2 rings (SSSR count). The Bertz CT molecular complexity index is 738. The van der Waals surface area contributed by atoms with Crippen LogP contribution >= 0.6 is 27.7 Å². The van der Waals surface area contributed by atoms with E-state index in [1.165, 1.54) is 36.0 Å². The van der Waals surface area contributed by atoms with Gasteiger partial charge in [-0.05, 0) is 48.4 Å². The van der Waals surface area contributed by atoms with Crippen LogP contribution in [0.1, 0.15) is 11.1 Å². The molecule has 0 fully saturated rings. The Hall–Kier alpha value is -1.86. The molecule has 0 heterocycles. The van der Waals surface area contributed by atoms with Crippen LogP contribution in [0.4, 0.5) is 4.39 Å². The van der Waals surface area contributed by atoms with Gasteiger partial charge >= 0.3 is 0 Å². The molecule has 0 atom stereocenters. The van der Waals surface area contributed by atoms with Crippen LogP contribution in [0.2, 0.25) is 0 Å². The zero-order chi connectivity index (χ0) is 17.5. The highest BCUT2D eigenvalue weighted by atomic mass is 79.9. The van der Waals surface area contributed by atoms with Gasteiger partial charge in [-0.2, -0.15) is 0 Å². The zero-order valence-electron chi connectivity index (χ0n) is 12.9. The summed E-state index contributed by atoms with van der Waals surface area (Å²) in [7, 11) is 0. The topological polar surface area (TPSA) is 58.2 Å². The molecule has 4 nitrogen and oxygen atoms in total. The van der Waals surface area contributed by atoms with Crippen LogP contribution in [0.25, 0.3) is 0 Å². The fourth-order valence-corrected chi connectivity index (χ4v) is 3.21. The summed E-state index contributed by atoms with van der Waals surface area (Å²) >= 11 is 4.79. The van der Waals surface area contributed by atoms with Crippen molar-refractivity contribution in [3.63, 3.8) is 0 Å². The van der Waals surface area contributed by atoms with Gasteiger partial charge in [0.1, 0.15) is 5.82 Å². The zero-order valence-corrected chi connectivity index (χ0v) is 15.3. The predicted octanol–water partition coefficient (Wildman–Crippen LogP) is 3.38. The largest absolute Gasteiger partial charge is 0.273 e. The fourth-order valence-electron chi connectivity index (χ4n) is 1.93. The Kier molecular flexibility index (Phi) is 6.81. The third kappa shape index (κ3) is 5.98. The first-order valence-electron chi connectivity index (χ1n) is 7.15. The van der Waals surface area contributed by atoms with Gasteiger partial charge in [0.2, 0.25) is 11.8 Å². The minimum atomic E-state index is -0.361.